The first-order valence-corrected chi connectivity index (χ1v) is 4.29. The molecular weight excluding hydrogens is 196 g/mol. The third-order valence-corrected chi connectivity index (χ3v) is 1.85. The number of oxazole rings is 1. The van der Waals surface area contributed by atoms with Gasteiger partial charge in [-0.3, -0.25) is 0 Å². The maximum Gasteiger partial charge on any atom is 0.354 e. The van der Waals surface area contributed by atoms with E-state index in [9.17, 15) is 4.79 Å². The standard InChI is InChI=1S/C10H8N2O3/c1-6-11-9(5-15-6)7-3-2-4-8(12-7)10(13)14/h2-5H,1H3,(H,13,14). The zero-order chi connectivity index (χ0) is 10.8. The number of carbonyl (C=O) groups is 1. The van der Waals surface area contributed by atoms with Crippen LogP contribution in [0, 0.1) is 6.92 Å². The first-order chi connectivity index (χ1) is 7.16. The van der Waals surface area contributed by atoms with E-state index < -0.39 is 5.97 Å². The summed E-state index contributed by atoms with van der Waals surface area (Å²) in [5, 5.41) is 8.76. The predicted octanol–water partition coefficient (Wildman–Crippen LogP) is 1.74. The quantitative estimate of drug-likeness (QED) is 0.806. The Morgan fingerprint density at radius 3 is 2.73 bits per heavy atom. The summed E-state index contributed by atoms with van der Waals surface area (Å²) in [4.78, 5) is 18.7. The normalized spacial score (nSPS) is 10.2. The van der Waals surface area contributed by atoms with Crippen molar-refractivity contribution in [2.45, 2.75) is 6.92 Å². The molecule has 0 saturated carbocycles. The number of hydrogen-bond acceptors (Lipinski definition) is 4. The Labute approximate surface area is 85.4 Å². The lowest BCUT2D eigenvalue weighted by atomic mass is 10.2. The minimum atomic E-state index is -1.06. The lowest BCUT2D eigenvalue weighted by molar-refractivity contribution is 0.0690. The van der Waals surface area contributed by atoms with Crippen molar-refractivity contribution in [3.63, 3.8) is 0 Å². The second-order valence-electron chi connectivity index (χ2n) is 2.96. The van der Waals surface area contributed by atoms with Crippen LogP contribution in [0.3, 0.4) is 0 Å². The number of nitrogens with zero attached hydrogens (tertiary/aromatic N) is 2. The molecule has 2 rings (SSSR count). The van der Waals surface area contributed by atoms with Crippen molar-refractivity contribution in [3.8, 4) is 11.4 Å². The average molecular weight is 204 g/mol. The van der Waals surface area contributed by atoms with Crippen LogP contribution in [0.2, 0.25) is 0 Å². The highest BCUT2D eigenvalue weighted by atomic mass is 16.4. The van der Waals surface area contributed by atoms with Crippen LogP contribution in [-0.4, -0.2) is 21.0 Å². The van der Waals surface area contributed by atoms with E-state index in [2.05, 4.69) is 9.97 Å². The molecule has 5 heteroatoms. The van der Waals surface area contributed by atoms with Crippen molar-refractivity contribution >= 4 is 5.97 Å². The summed E-state index contributed by atoms with van der Waals surface area (Å²) in [6, 6.07) is 4.73. The highest BCUT2D eigenvalue weighted by Crippen LogP contribution is 2.16. The van der Waals surface area contributed by atoms with Crippen molar-refractivity contribution in [1.82, 2.24) is 9.97 Å². The van der Waals surface area contributed by atoms with Crippen molar-refractivity contribution in [2.75, 3.05) is 0 Å². The van der Waals surface area contributed by atoms with E-state index in [1.807, 2.05) is 0 Å². The van der Waals surface area contributed by atoms with Crippen LogP contribution in [0.1, 0.15) is 16.4 Å². The van der Waals surface area contributed by atoms with Crippen molar-refractivity contribution in [1.29, 1.82) is 0 Å². The molecule has 0 unspecified atom stereocenters. The Hall–Kier alpha value is -2.17. The van der Waals surface area contributed by atoms with Gasteiger partial charge in [-0.1, -0.05) is 6.07 Å². The Morgan fingerprint density at radius 1 is 1.33 bits per heavy atom. The third kappa shape index (κ3) is 1.85. The average Bonchev–Trinajstić information content (AvgIpc) is 2.65. The van der Waals surface area contributed by atoms with Gasteiger partial charge in [0, 0.05) is 6.92 Å². The molecule has 76 valence electrons. The van der Waals surface area contributed by atoms with Crippen molar-refractivity contribution in [2.24, 2.45) is 0 Å². The zero-order valence-corrected chi connectivity index (χ0v) is 7.97. The van der Waals surface area contributed by atoms with Crippen LogP contribution >= 0.6 is 0 Å². The molecule has 0 aromatic carbocycles. The molecule has 15 heavy (non-hydrogen) atoms. The molecule has 0 bridgehead atoms. The number of carboxylic acid groups (broad SMARTS) is 1. The summed E-state index contributed by atoms with van der Waals surface area (Å²) < 4.78 is 5.02. The lowest BCUT2D eigenvalue weighted by Crippen LogP contribution is -2.00. The highest BCUT2D eigenvalue weighted by Gasteiger charge is 2.08. The molecular formula is C10H8N2O3. The van der Waals surface area contributed by atoms with E-state index in [4.69, 9.17) is 9.52 Å². The minimum Gasteiger partial charge on any atom is -0.477 e. The van der Waals surface area contributed by atoms with Crippen molar-refractivity contribution in [3.05, 3.63) is 36.0 Å². The van der Waals surface area contributed by atoms with Gasteiger partial charge in [-0.25, -0.2) is 14.8 Å². The summed E-state index contributed by atoms with van der Waals surface area (Å²) in [5.74, 6) is -0.537. The number of rotatable bonds is 2. The first-order valence-electron chi connectivity index (χ1n) is 4.29. The molecule has 2 aromatic rings. The zero-order valence-electron chi connectivity index (χ0n) is 7.97. The summed E-state index contributed by atoms with van der Waals surface area (Å²) >= 11 is 0. The number of aryl methyl sites for hydroxylation is 1. The molecule has 0 aliphatic heterocycles. The van der Waals surface area contributed by atoms with Crippen LogP contribution in [0.5, 0.6) is 0 Å². The van der Waals surface area contributed by atoms with Crippen molar-refractivity contribution < 1.29 is 14.3 Å². The second-order valence-corrected chi connectivity index (χ2v) is 2.96. The van der Waals surface area contributed by atoms with Gasteiger partial charge in [0.15, 0.2) is 5.89 Å². The predicted molar refractivity (Wildman–Crippen MR) is 51.4 cm³/mol. The number of pyridine rings is 1. The highest BCUT2D eigenvalue weighted by molar-refractivity contribution is 5.85. The molecule has 0 fully saturated rings. The number of carboxylic acids is 1. The number of aromatic carboxylic acids is 1. The number of aromatic nitrogens is 2. The maximum atomic E-state index is 10.7. The third-order valence-electron chi connectivity index (χ3n) is 1.85. The van der Waals surface area contributed by atoms with E-state index in [-0.39, 0.29) is 5.69 Å². The summed E-state index contributed by atoms with van der Waals surface area (Å²) in [7, 11) is 0. The van der Waals surface area contributed by atoms with Gasteiger partial charge in [0.05, 0.1) is 5.69 Å². The fourth-order valence-corrected chi connectivity index (χ4v) is 1.18. The lowest BCUT2D eigenvalue weighted by Gasteiger charge is -1.96. The van der Waals surface area contributed by atoms with Crippen LogP contribution < -0.4 is 0 Å². The molecule has 0 spiro atoms. The molecule has 0 radical (unpaired) electrons. The second kappa shape index (κ2) is 3.53. The fraction of sp³-hybridized carbons (Fsp3) is 0.100. The minimum absolute atomic E-state index is 0.00634. The fourth-order valence-electron chi connectivity index (χ4n) is 1.18. The Kier molecular flexibility index (Phi) is 2.21. The molecule has 2 heterocycles. The Morgan fingerprint density at radius 2 is 2.13 bits per heavy atom. The summed E-state index contributed by atoms with van der Waals surface area (Å²) in [5.41, 5.74) is 1.02. The Bertz CT molecular complexity index is 505. The van der Waals surface area contributed by atoms with Gasteiger partial charge in [0.2, 0.25) is 0 Å². The SMILES string of the molecule is Cc1nc(-c2cccc(C(=O)O)n2)co1. The van der Waals surface area contributed by atoms with Gasteiger partial charge in [-0.2, -0.15) is 0 Å². The first kappa shape index (κ1) is 9.39. The van der Waals surface area contributed by atoms with Gasteiger partial charge in [-0.15, -0.1) is 0 Å². The van der Waals surface area contributed by atoms with Gasteiger partial charge < -0.3 is 9.52 Å². The van der Waals surface area contributed by atoms with Crippen LogP contribution in [-0.2, 0) is 0 Å². The largest absolute Gasteiger partial charge is 0.477 e. The van der Waals surface area contributed by atoms with Gasteiger partial charge >= 0.3 is 5.97 Å². The van der Waals surface area contributed by atoms with Crippen LogP contribution in [0.4, 0.5) is 0 Å². The van der Waals surface area contributed by atoms with Crippen LogP contribution in [0.15, 0.2) is 28.9 Å². The van der Waals surface area contributed by atoms with Gasteiger partial charge in [-0.05, 0) is 12.1 Å². The molecule has 0 saturated heterocycles. The summed E-state index contributed by atoms with van der Waals surface area (Å²) in [6.45, 7) is 1.71. The topological polar surface area (TPSA) is 76.2 Å². The van der Waals surface area contributed by atoms with E-state index in [1.165, 1.54) is 12.3 Å². The summed E-state index contributed by atoms with van der Waals surface area (Å²) in [6.07, 6.45) is 1.45. The Balaban J connectivity index is 2.45. The van der Waals surface area contributed by atoms with Gasteiger partial charge in [0.1, 0.15) is 17.7 Å². The van der Waals surface area contributed by atoms with E-state index >= 15 is 0 Å². The van der Waals surface area contributed by atoms with E-state index in [1.54, 1.807) is 19.1 Å². The molecule has 1 N–H and O–H groups in total. The molecule has 0 aliphatic carbocycles. The van der Waals surface area contributed by atoms with Gasteiger partial charge in [0.25, 0.3) is 0 Å². The maximum absolute atomic E-state index is 10.7. The smallest absolute Gasteiger partial charge is 0.354 e. The monoisotopic (exact) mass is 204 g/mol. The number of hydrogen-bond donors (Lipinski definition) is 1. The molecule has 0 atom stereocenters. The van der Waals surface area contributed by atoms with E-state index in [0.717, 1.165) is 0 Å². The molecule has 5 nitrogen and oxygen atoms in total. The molecule has 0 aliphatic rings. The van der Waals surface area contributed by atoms with E-state index in [0.29, 0.717) is 17.3 Å². The molecule has 0 amide bonds. The van der Waals surface area contributed by atoms with Crippen LogP contribution in [0.25, 0.3) is 11.4 Å². The molecule has 2 aromatic heterocycles.